The van der Waals surface area contributed by atoms with Crippen LogP contribution in [0.2, 0.25) is 5.02 Å². The molecule has 0 bridgehead atoms. The highest BCUT2D eigenvalue weighted by Crippen LogP contribution is 2.27. The zero-order chi connectivity index (χ0) is 23.1. The van der Waals surface area contributed by atoms with Crippen LogP contribution >= 0.6 is 11.6 Å². The smallest absolute Gasteiger partial charge is 0.426 e. The summed E-state index contributed by atoms with van der Waals surface area (Å²) in [7, 11) is 1.54. The Kier molecular flexibility index (Phi) is 8.09. The molecule has 0 aromatic heterocycles. The van der Waals surface area contributed by atoms with E-state index >= 15 is 0 Å². The van der Waals surface area contributed by atoms with Gasteiger partial charge in [-0.1, -0.05) is 17.7 Å². The molecule has 6 nitrogen and oxygen atoms in total. The number of alkyl halides is 3. The molecule has 2 atom stereocenters. The van der Waals surface area contributed by atoms with Crippen molar-refractivity contribution in [3.63, 3.8) is 0 Å². The summed E-state index contributed by atoms with van der Waals surface area (Å²) in [5.74, 6) is 1.22. The minimum absolute atomic E-state index is 0.282. The fourth-order valence-corrected chi connectivity index (χ4v) is 3.52. The lowest BCUT2D eigenvalue weighted by Crippen LogP contribution is -2.49. The Hall–Kier alpha value is -2.65. The van der Waals surface area contributed by atoms with Crippen LogP contribution in [-0.4, -0.2) is 56.1 Å². The van der Waals surface area contributed by atoms with Crippen LogP contribution in [0, 0.1) is 0 Å². The van der Waals surface area contributed by atoms with Crippen LogP contribution < -0.4 is 14.8 Å². The average molecular weight is 473 g/mol. The third-order valence-electron chi connectivity index (χ3n) is 4.94. The van der Waals surface area contributed by atoms with E-state index in [0.717, 1.165) is 0 Å². The topological polar surface area (TPSA) is 60.0 Å². The third-order valence-corrected chi connectivity index (χ3v) is 5.19. The van der Waals surface area contributed by atoms with E-state index in [0.29, 0.717) is 35.9 Å². The van der Waals surface area contributed by atoms with Crippen LogP contribution in [0.15, 0.2) is 48.5 Å². The largest absolute Gasteiger partial charge is 0.497 e. The Morgan fingerprint density at radius 3 is 2.62 bits per heavy atom. The highest BCUT2D eigenvalue weighted by Gasteiger charge is 2.44. The number of carbonyl (C=O) groups is 1. The summed E-state index contributed by atoms with van der Waals surface area (Å²) in [6, 6.07) is 13.0. The molecular weight excluding hydrogens is 449 g/mol. The molecule has 1 aliphatic rings. The van der Waals surface area contributed by atoms with Crippen molar-refractivity contribution in [3.8, 4) is 11.5 Å². The highest BCUT2D eigenvalue weighted by atomic mass is 35.5. The van der Waals surface area contributed by atoms with E-state index in [9.17, 15) is 18.0 Å². The number of rotatable bonds is 7. The molecule has 0 spiro atoms. The number of hydrogen-bond donors (Lipinski definition) is 1. The minimum Gasteiger partial charge on any atom is -0.497 e. The van der Waals surface area contributed by atoms with Crippen LogP contribution in [0.1, 0.15) is 12.8 Å². The predicted octanol–water partition coefficient (Wildman–Crippen LogP) is 5.37. The Morgan fingerprint density at radius 2 is 1.94 bits per heavy atom. The number of likely N-dealkylation sites (tertiary alicyclic amines) is 1. The second-order valence-corrected chi connectivity index (χ2v) is 7.82. The third kappa shape index (κ3) is 7.20. The molecule has 10 heteroatoms. The molecule has 0 saturated carbocycles. The van der Waals surface area contributed by atoms with Crippen LogP contribution in [0.5, 0.6) is 11.5 Å². The number of piperidine rings is 1. The molecule has 1 N–H and O–H groups in total. The highest BCUT2D eigenvalue weighted by molar-refractivity contribution is 6.30. The maximum atomic E-state index is 13.6. The molecule has 174 valence electrons. The SMILES string of the molecule is COc1cccc(OC2CCCN(CC(OC(=O)Nc3ccc(Cl)cc3)C(F)(F)F)C2)c1. The minimum atomic E-state index is -4.71. The van der Waals surface area contributed by atoms with Crippen LogP contribution in [0.25, 0.3) is 0 Å². The van der Waals surface area contributed by atoms with E-state index in [1.807, 2.05) is 0 Å². The van der Waals surface area contributed by atoms with Gasteiger partial charge in [0, 0.05) is 29.9 Å². The number of ether oxygens (including phenoxy) is 3. The van der Waals surface area contributed by atoms with Gasteiger partial charge < -0.3 is 14.2 Å². The second-order valence-electron chi connectivity index (χ2n) is 7.39. The van der Waals surface area contributed by atoms with Gasteiger partial charge in [-0.2, -0.15) is 13.2 Å². The summed E-state index contributed by atoms with van der Waals surface area (Å²) in [5, 5.41) is 2.72. The lowest BCUT2D eigenvalue weighted by atomic mass is 10.1. The molecular formula is C22H24ClF3N2O4. The van der Waals surface area contributed by atoms with Crippen LogP contribution in [-0.2, 0) is 4.74 Å². The van der Waals surface area contributed by atoms with Crippen molar-refractivity contribution in [3.05, 3.63) is 53.6 Å². The van der Waals surface area contributed by atoms with Crippen molar-refractivity contribution in [1.82, 2.24) is 4.90 Å². The molecule has 1 amide bonds. The lowest BCUT2D eigenvalue weighted by molar-refractivity contribution is -0.207. The van der Waals surface area contributed by atoms with Gasteiger partial charge in [0.2, 0.25) is 6.10 Å². The summed E-state index contributed by atoms with van der Waals surface area (Å²) >= 11 is 5.76. The zero-order valence-corrected chi connectivity index (χ0v) is 18.2. The fraction of sp³-hybridized carbons (Fsp3) is 0.409. The molecule has 3 rings (SSSR count). The zero-order valence-electron chi connectivity index (χ0n) is 17.4. The predicted molar refractivity (Wildman–Crippen MR) is 114 cm³/mol. The van der Waals surface area contributed by atoms with E-state index in [-0.39, 0.29) is 18.3 Å². The Morgan fingerprint density at radius 1 is 1.22 bits per heavy atom. The van der Waals surface area contributed by atoms with Gasteiger partial charge in [0.25, 0.3) is 0 Å². The number of hydrogen-bond acceptors (Lipinski definition) is 5. The van der Waals surface area contributed by atoms with Gasteiger partial charge in [-0.05, 0) is 55.8 Å². The van der Waals surface area contributed by atoms with E-state index < -0.39 is 24.9 Å². The Labute approximate surface area is 189 Å². The molecule has 0 radical (unpaired) electrons. The second kappa shape index (κ2) is 10.8. The van der Waals surface area contributed by atoms with Gasteiger partial charge in [0.15, 0.2) is 0 Å². The molecule has 2 unspecified atom stereocenters. The standard InChI is InChI=1S/C22H24ClF3N2O4/c1-30-17-4-2-5-18(12-17)31-19-6-3-11-28(13-19)14-20(22(24,25)26)32-21(29)27-16-9-7-15(23)8-10-16/h2,4-5,7-10,12,19-20H,3,6,11,13-14H2,1H3,(H,27,29). The summed E-state index contributed by atoms with van der Waals surface area (Å²) in [5.41, 5.74) is 0.282. The summed E-state index contributed by atoms with van der Waals surface area (Å²) in [4.78, 5) is 13.6. The van der Waals surface area contributed by atoms with E-state index in [1.165, 1.54) is 24.3 Å². The first-order valence-electron chi connectivity index (χ1n) is 10.1. The number of benzene rings is 2. The first-order chi connectivity index (χ1) is 15.2. The summed E-state index contributed by atoms with van der Waals surface area (Å²) < 4.78 is 56.5. The summed E-state index contributed by atoms with van der Waals surface area (Å²) in [6.07, 6.45) is -7.08. The maximum Gasteiger partial charge on any atom is 0.426 e. The van der Waals surface area contributed by atoms with Gasteiger partial charge >= 0.3 is 12.3 Å². The number of halogens is 4. The normalized spacial score (nSPS) is 18.0. The van der Waals surface area contributed by atoms with Crippen molar-refractivity contribution < 1.29 is 32.2 Å². The number of nitrogens with one attached hydrogen (secondary N) is 1. The fourth-order valence-electron chi connectivity index (χ4n) is 3.39. The van der Waals surface area contributed by atoms with Crippen molar-refractivity contribution in [1.29, 1.82) is 0 Å². The Balaban J connectivity index is 1.58. The average Bonchev–Trinajstić information content (AvgIpc) is 2.75. The van der Waals surface area contributed by atoms with Crippen molar-refractivity contribution in [2.75, 3.05) is 32.1 Å². The number of carbonyl (C=O) groups excluding carboxylic acids is 1. The molecule has 1 aliphatic heterocycles. The van der Waals surface area contributed by atoms with Crippen molar-refractivity contribution in [2.24, 2.45) is 0 Å². The monoisotopic (exact) mass is 472 g/mol. The van der Waals surface area contributed by atoms with Crippen molar-refractivity contribution in [2.45, 2.75) is 31.2 Å². The lowest BCUT2D eigenvalue weighted by Gasteiger charge is -2.35. The van der Waals surface area contributed by atoms with E-state index in [1.54, 1.807) is 36.3 Å². The van der Waals surface area contributed by atoms with Gasteiger partial charge in [0.1, 0.15) is 17.6 Å². The van der Waals surface area contributed by atoms with Gasteiger partial charge in [0.05, 0.1) is 7.11 Å². The van der Waals surface area contributed by atoms with E-state index in [2.05, 4.69) is 5.32 Å². The van der Waals surface area contributed by atoms with Gasteiger partial charge in [-0.25, -0.2) is 4.79 Å². The Bertz CT molecular complexity index is 895. The molecule has 2 aromatic carbocycles. The first-order valence-corrected chi connectivity index (χ1v) is 10.4. The van der Waals surface area contributed by atoms with Crippen molar-refractivity contribution >= 4 is 23.4 Å². The molecule has 2 aromatic rings. The molecule has 1 saturated heterocycles. The molecule has 1 heterocycles. The molecule has 32 heavy (non-hydrogen) atoms. The molecule has 1 fully saturated rings. The number of amides is 1. The quantitative estimate of drug-likeness (QED) is 0.587. The molecule has 0 aliphatic carbocycles. The van der Waals surface area contributed by atoms with Gasteiger partial charge in [-0.15, -0.1) is 0 Å². The van der Waals surface area contributed by atoms with Crippen LogP contribution in [0.3, 0.4) is 0 Å². The number of nitrogens with zero attached hydrogens (tertiary/aromatic N) is 1. The van der Waals surface area contributed by atoms with E-state index in [4.69, 9.17) is 25.8 Å². The summed E-state index contributed by atoms with van der Waals surface area (Å²) in [6.45, 7) is 0.258. The maximum absolute atomic E-state index is 13.6. The first kappa shape index (κ1) is 24.0. The number of anilines is 1. The van der Waals surface area contributed by atoms with Crippen LogP contribution in [0.4, 0.5) is 23.7 Å². The number of methoxy groups -OCH3 is 1. The van der Waals surface area contributed by atoms with Gasteiger partial charge in [-0.3, -0.25) is 10.2 Å².